The van der Waals surface area contributed by atoms with Crippen LogP contribution in [0.2, 0.25) is 0 Å². The average molecular weight is 518 g/mol. The Morgan fingerprint density at radius 1 is 1.00 bits per heavy atom. The number of aliphatic imine (C=N–C) groups is 1. The van der Waals surface area contributed by atoms with Gasteiger partial charge in [0.1, 0.15) is 0 Å². The van der Waals surface area contributed by atoms with E-state index in [1.165, 1.54) is 18.1 Å². The van der Waals surface area contributed by atoms with E-state index in [0.29, 0.717) is 16.5 Å². The van der Waals surface area contributed by atoms with Gasteiger partial charge in [-0.3, -0.25) is 9.69 Å². The average Bonchev–Trinajstić information content (AvgIpc) is 3.13. The number of pyridine rings is 1. The van der Waals surface area contributed by atoms with E-state index in [1.807, 2.05) is 72.8 Å². The molecule has 0 atom stereocenters. The predicted octanol–water partition coefficient (Wildman–Crippen LogP) is 5.97. The van der Waals surface area contributed by atoms with Crippen molar-refractivity contribution in [3.05, 3.63) is 88.3 Å². The maximum absolute atomic E-state index is 13.3. The van der Waals surface area contributed by atoms with E-state index >= 15 is 0 Å². The molecule has 0 bridgehead atoms. The molecule has 1 aliphatic rings. The van der Waals surface area contributed by atoms with Gasteiger partial charge in [-0.25, -0.2) is 14.8 Å². The van der Waals surface area contributed by atoms with E-state index in [9.17, 15) is 9.59 Å². The standard InChI is InChI=1S/C25H16BrN3O3S/c1-32-22(30)14-21-24(31)29(16-12-10-15(26)11-13-16)25(33-21)28-23-17-6-2-4-8-19(17)27-20-9-5-3-7-18(20)23/h2-14H,1H3/b21-14-,28-25?. The first-order valence-electron chi connectivity index (χ1n) is 9.99. The smallest absolute Gasteiger partial charge is 0.331 e. The molecular formula is C25H16BrN3O3S. The molecule has 1 saturated heterocycles. The highest BCUT2D eigenvalue weighted by Crippen LogP contribution is 2.40. The summed E-state index contributed by atoms with van der Waals surface area (Å²) in [5.74, 6) is -0.934. The number of carbonyl (C=O) groups is 2. The van der Waals surface area contributed by atoms with Crippen LogP contribution in [0.15, 0.2) is 93.2 Å². The van der Waals surface area contributed by atoms with E-state index in [4.69, 9.17) is 14.7 Å². The van der Waals surface area contributed by atoms with Gasteiger partial charge in [-0.05, 0) is 48.2 Å². The minimum atomic E-state index is -0.595. The van der Waals surface area contributed by atoms with Crippen LogP contribution in [-0.2, 0) is 14.3 Å². The van der Waals surface area contributed by atoms with Gasteiger partial charge < -0.3 is 4.74 Å². The van der Waals surface area contributed by atoms with Gasteiger partial charge in [0, 0.05) is 21.3 Å². The zero-order valence-electron chi connectivity index (χ0n) is 17.4. The maximum atomic E-state index is 13.3. The van der Waals surface area contributed by atoms with Crippen LogP contribution in [0.4, 0.5) is 11.4 Å². The van der Waals surface area contributed by atoms with Gasteiger partial charge in [0.2, 0.25) is 0 Å². The summed E-state index contributed by atoms with van der Waals surface area (Å²) in [5.41, 5.74) is 2.98. The topological polar surface area (TPSA) is 71.9 Å². The van der Waals surface area contributed by atoms with Gasteiger partial charge in [0.05, 0.1) is 34.4 Å². The van der Waals surface area contributed by atoms with Crippen molar-refractivity contribution < 1.29 is 14.3 Å². The zero-order valence-corrected chi connectivity index (χ0v) is 19.8. The summed E-state index contributed by atoms with van der Waals surface area (Å²) >= 11 is 4.56. The molecule has 5 rings (SSSR count). The van der Waals surface area contributed by atoms with Crippen LogP contribution < -0.4 is 4.90 Å². The number of thioether (sulfide) groups is 1. The van der Waals surface area contributed by atoms with Gasteiger partial charge in [0.15, 0.2) is 5.17 Å². The van der Waals surface area contributed by atoms with Crippen molar-refractivity contribution in [2.75, 3.05) is 12.0 Å². The number of fused-ring (bicyclic) bond motifs is 2. The maximum Gasteiger partial charge on any atom is 0.331 e. The van der Waals surface area contributed by atoms with Gasteiger partial charge in [-0.15, -0.1) is 0 Å². The quantitative estimate of drug-likeness (QED) is 0.190. The van der Waals surface area contributed by atoms with Crippen molar-refractivity contribution in [2.24, 2.45) is 4.99 Å². The Bertz CT molecular complexity index is 1430. The highest BCUT2D eigenvalue weighted by atomic mass is 79.9. The Morgan fingerprint density at radius 2 is 1.61 bits per heavy atom. The zero-order chi connectivity index (χ0) is 22.9. The lowest BCUT2D eigenvalue weighted by molar-refractivity contribution is -0.135. The molecule has 1 amide bonds. The molecule has 1 fully saturated rings. The second-order valence-electron chi connectivity index (χ2n) is 7.14. The summed E-state index contributed by atoms with van der Waals surface area (Å²) in [6.07, 6.45) is 1.20. The number of amides is 1. The van der Waals surface area contributed by atoms with Crippen LogP contribution >= 0.6 is 27.7 Å². The summed E-state index contributed by atoms with van der Waals surface area (Å²) in [5, 5.41) is 2.19. The normalized spacial score (nSPS) is 16.3. The van der Waals surface area contributed by atoms with Crippen molar-refractivity contribution in [2.45, 2.75) is 0 Å². The summed E-state index contributed by atoms with van der Waals surface area (Å²) in [4.78, 5) is 36.6. The lowest BCUT2D eigenvalue weighted by atomic mass is 10.1. The molecule has 1 aliphatic heterocycles. The van der Waals surface area contributed by atoms with Gasteiger partial charge in [-0.1, -0.05) is 52.3 Å². The molecule has 1 aromatic heterocycles. The molecule has 0 saturated carbocycles. The van der Waals surface area contributed by atoms with Gasteiger partial charge >= 0.3 is 5.97 Å². The largest absolute Gasteiger partial charge is 0.466 e. The molecule has 0 radical (unpaired) electrons. The number of anilines is 1. The number of aromatic nitrogens is 1. The molecule has 0 spiro atoms. The Morgan fingerprint density at radius 3 is 2.21 bits per heavy atom. The number of hydrogen-bond acceptors (Lipinski definition) is 6. The second-order valence-corrected chi connectivity index (χ2v) is 9.06. The van der Waals surface area contributed by atoms with Crippen LogP contribution in [0.25, 0.3) is 21.8 Å². The minimum Gasteiger partial charge on any atom is -0.466 e. The first-order valence-corrected chi connectivity index (χ1v) is 11.6. The first-order chi connectivity index (χ1) is 16.0. The number of rotatable bonds is 3. The molecular weight excluding hydrogens is 502 g/mol. The van der Waals surface area contributed by atoms with E-state index in [2.05, 4.69) is 15.9 Å². The number of nitrogens with zero attached hydrogens (tertiary/aromatic N) is 3. The van der Waals surface area contributed by atoms with Crippen molar-refractivity contribution >= 4 is 77.9 Å². The van der Waals surface area contributed by atoms with Crippen molar-refractivity contribution in [1.29, 1.82) is 0 Å². The fourth-order valence-electron chi connectivity index (χ4n) is 3.57. The van der Waals surface area contributed by atoms with Crippen molar-refractivity contribution in [3.63, 3.8) is 0 Å². The minimum absolute atomic E-state index is 0.242. The van der Waals surface area contributed by atoms with E-state index in [1.54, 1.807) is 0 Å². The summed E-state index contributed by atoms with van der Waals surface area (Å²) in [7, 11) is 1.28. The number of esters is 1. The van der Waals surface area contributed by atoms with E-state index in [-0.39, 0.29) is 10.8 Å². The summed E-state index contributed by atoms with van der Waals surface area (Å²) in [6, 6.07) is 22.9. The van der Waals surface area contributed by atoms with Gasteiger partial charge in [0.25, 0.3) is 5.91 Å². The van der Waals surface area contributed by atoms with Crippen LogP contribution in [0.5, 0.6) is 0 Å². The number of ether oxygens (including phenoxy) is 1. The van der Waals surface area contributed by atoms with E-state index in [0.717, 1.165) is 38.0 Å². The first kappa shape index (κ1) is 21.4. The lowest BCUT2D eigenvalue weighted by Gasteiger charge is -2.16. The number of methoxy groups -OCH3 is 1. The number of benzene rings is 3. The molecule has 162 valence electrons. The molecule has 0 N–H and O–H groups in total. The third-order valence-corrected chi connectivity index (χ3v) is 6.61. The molecule has 8 heteroatoms. The lowest BCUT2D eigenvalue weighted by Crippen LogP contribution is -2.28. The molecule has 6 nitrogen and oxygen atoms in total. The molecule has 2 heterocycles. The number of hydrogen-bond donors (Lipinski definition) is 0. The fourth-order valence-corrected chi connectivity index (χ4v) is 4.78. The molecule has 0 aliphatic carbocycles. The van der Waals surface area contributed by atoms with Crippen LogP contribution in [-0.4, -0.2) is 29.1 Å². The Kier molecular flexibility index (Phi) is 5.70. The summed E-state index contributed by atoms with van der Waals surface area (Å²) in [6.45, 7) is 0. The third-order valence-electron chi connectivity index (χ3n) is 5.11. The summed E-state index contributed by atoms with van der Waals surface area (Å²) < 4.78 is 5.62. The van der Waals surface area contributed by atoms with Crippen LogP contribution in [0.1, 0.15) is 0 Å². The molecule has 4 aromatic rings. The van der Waals surface area contributed by atoms with Crippen molar-refractivity contribution in [1.82, 2.24) is 4.98 Å². The SMILES string of the molecule is COC(=O)/C=C1\SC(=Nc2c3ccccc3nc3ccccc23)N(c2ccc(Br)cc2)C1=O. The molecule has 33 heavy (non-hydrogen) atoms. The molecule has 3 aromatic carbocycles. The fraction of sp³-hybridized carbons (Fsp3) is 0.0400. The Balaban J connectivity index is 1.75. The number of halogens is 1. The Hall–Kier alpha value is -3.49. The van der Waals surface area contributed by atoms with Crippen LogP contribution in [0, 0.1) is 0 Å². The number of para-hydroxylation sites is 2. The van der Waals surface area contributed by atoms with E-state index < -0.39 is 5.97 Å². The number of carbonyl (C=O) groups excluding carboxylic acids is 2. The highest BCUT2D eigenvalue weighted by Gasteiger charge is 2.35. The predicted molar refractivity (Wildman–Crippen MR) is 136 cm³/mol. The van der Waals surface area contributed by atoms with Crippen molar-refractivity contribution in [3.8, 4) is 0 Å². The third kappa shape index (κ3) is 4.03. The number of amidine groups is 1. The molecule has 0 unspecified atom stereocenters. The highest BCUT2D eigenvalue weighted by molar-refractivity contribution is 9.10. The monoisotopic (exact) mass is 517 g/mol. The van der Waals surface area contributed by atoms with Gasteiger partial charge in [-0.2, -0.15) is 0 Å². The Labute approximate surface area is 202 Å². The van der Waals surface area contributed by atoms with Crippen LogP contribution in [0.3, 0.4) is 0 Å². The second kappa shape index (κ2) is 8.80.